The van der Waals surface area contributed by atoms with E-state index in [0.717, 1.165) is 33.6 Å². The molecule has 3 rings (SSSR count). The summed E-state index contributed by atoms with van der Waals surface area (Å²) in [5.41, 5.74) is 5.73. The molecule has 1 heterocycles. The third-order valence-electron chi connectivity index (χ3n) is 5.18. The molecule has 0 aliphatic carbocycles. The highest BCUT2D eigenvalue weighted by atomic mass is 32.2. The molecular formula is C24H28N2O4S2. The topological polar surface area (TPSA) is 79.7 Å². The van der Waals surface area contributed by atoms with Gasteiger partial charge in [-0.15, -0.1) is 11.3 Å². The van der Waals surface area contributed by atoms with Gasteiger partial charge in [0.1, 0.15) is 12.4 Å². The molecule has 1 aromatic heterocycles. The summed E-state index contributed by atoms with van der Waals surface area (Å²) in [6, 6.07) is 8.91. The summed E-state index contributed by atoms with van der Waals surface area (Å²) < 4.78 is 22.1. The Morgan fingerprint density at radius 2 is 1.81 bits per heavy atom. The van der Waals surface area contributed by atoms with Crippen molar-refractivity contribution in [3.05, 3.63) is 69.2 Å². The van der Waals surface area contributed by atoms with Gasteiger partial charge in [0.05, 0.1) is 11.3 Å². The van der Waals surface area contributed by atoms with Crippen molar-refractivity contribution in [2.45, 2.75) is 58.5 Å². The smallest absolute Gasteiger partial charge is 0.335 e. The average molecular weight is 473 g/mol. The first-order valence-corrected chi connectivity index (χ1v) is 12.3. The normalized spacial score (nSPS) is 12.1. The van der Waals surface area contributed by atoms with E-state index < -0.39 is 17.0 Å². The molecule has 0 radical (unpaired) electrons. The number of carbonyl (C=O) groups is 1. The summed E-state index contributed by atoms with van der Waals surface area (Å²) in [6.45, 7) is 12.0. The van der Waals surface area contributed by atoms with E-state index in [-0.39, 0.29) is 18.2 Å². The van der Waals surface area contributed by atoms with E-state index in [1.807, 2.05) is 63.4 Å². The highest BCUT2D eigenvalue weighted by Gasteiger charge is 2.25. The maximum absolute atomic E-state index is 13.5. The van der Waals surface area contributed by atoms with Crippen LogP contribution in [0.2, 0.25) is 0 Å². The van der Waals surface area contributed by atoms with Crippen LogP contribution in [0.4, 0.5) is 5.69 Å². The van der Waals surface area contributed by atoms with Crippen LogP contribution in [0.3, 0.4) is 0 Å². The third-order valence-corrected chi connectivity index (χ3v) is 8.01. The predicted molar refractivity (Wildman–Crippen MR) is 129 cm³/mol. The van der Waals surface area contributed by atoms with Crippen LogP contribution in [-0.2, 0) is 17.6 Å². The van der Waals surface area contributed by atoms with Crippen molar-refractivity contribution in [3.63, 3.8) is 0 Å². The summed E-state index contributed by atoms with van der Waals surface area (Å²) in [6.07, 6.45) is 0. The van der Waals surface area contributed by atoms with Crippen LogP contribution in [0.1, 0.15) is 52.2 Å². The Labute approximate surface area is 195 Å². The number of aromatic carboxylic acids is 1. The number of nitrogens with zero attached hydrogens (tertiary/aromatic N) is 2. The Morgan fingerprint density at radius 1 is 1.12 bits per heavy atom. The molecule has 6 nitrogen and oxygen atoms in total. The van der Waals surface area contributed by atoms with Gasteiger partial charge in [-0.2, -0.15) is 0 Å². The van der Waals surface area contributed by atoms with Crippen molar-refractivity contribution >= 4 is 34.0 Å². The summed E-state index contributed by atoms with van der Waals surface area (Å²) in [7, 11) is -1.47. The lowest BCUT2D eigenvalue weighted by Gasteiger charge is -2.29. The van der Waals surface area contributed by atoms with E-state index >= 15 is 0 Å². The zero-order chi connectivity index (χ0) is 23.6. The molecule has 3 aromatic rings. The van der Waals surface area contributed by atoms with Gasteiger partial charge in [0.2, 0.25) is 4.34 Å². The van der Waals surface area contributed by atoms with Crippen molar-refractivity contribution < 1.29 is 18.8 Å². The highest BCUT2D eigenvalue weighted by molar-refractivity contribution is 7.88. The van der Waals surface area contributed by atoms with Crippen LogP contribution in [0.5, 0.6) is 5.75 Å². The number of ether oxygens (including phenoxy) is 1. The van der Waals surface area contributed by atoms with Gasteiger partial charge in [0.25, 0.3) is 0 Å². The van der Waals surface area contributed by atoms with Crippen molar-refractivity contribution in [2.24, 2.45) is 0 Å². The predicted octanol–water partition coefficient (Wildman–Crippen LogP) is 5.59. The number of aromatic nitrogens is 1. The van der Waals surface area contributed by atoms with Crippen LogP contribution in [0, 0.1) is 27.7 Å². The molecule has 0 saturated carbocycles. The van der Waals surface area contributed by atoms with Crippen molar-refractivity contribution in [2.75, 3.05) is 4.31 Å². The zero-order valence-electron chi connectivity index (χ0n) is 19.1. The number of aryl methyl sites for hydroxylation is 4. The number of benzene rings is 2. The lowest BCUT2D eigenvalue weighted by Crippen LogP contribution is -2.33. The number of rotatable bonds is 8. The SMILES string of the molecule is Cc1csc(S(=O)N(c2cc(C)c(C)cc2OCc2ccc(C(=O)O)cc2C)C(C)C)n1. The minimum Gasteiger partial charge on any atom is -0.487 e. The molecule has 0 fully saturated rings. The van der Waals surface area contributed by atoms with Crippen molar-refractivity contribution in [1.29, 1.82) is 0 Å². The molecule has 1 unspecified atom stereocenters. The van der Waals surface area contributed by atoms with Crippen molar-refractivity contribution in [3.8, 4) is 5.75 Å². The number of hydrogen-bond acceptors (Lipinski definition) is 5. The third kappa shape index (κ3) is 5.19. The monoisotopic (exact) mass is 472 g/mol. The average Bonchev–Trinajstić information content (AvgIpc) is 3.16. The first-order valence-electron chi connectivity index (χ1n) is 10.3. The second-order valence-electron chi connectivity index (χ2n) is 8.06. The molecule has 0 amide bonds. The van der Waals surface area contributed by atoms with Gasteiger partial charge in [0.15, 0.2) is 11.0 Å². The van der Waals surface area contributed by atoms with Gasteiger partial charge in [0, 0.05) is 17.1 Å². The van der Waals surface area contributed by atoms with E-state index in [4.69, 9.17) is 4.74 Å². The van der Waals surface area contributed by atoms with Crippen LogP contribution in [0.15, 0.2) is 40.1 Å². The van der Waals surface area contributed by atoms with E-state index in [1.54, 1.807) is 18.2 Å². The Kier molecular flexibility index (Phi) is 7.36. The Bertz CT molecular complexity index is 1170. The van der Waals surface area contributed by atoms with Crippen LogP contribution >= 0.6 is 11.3 Å². The fourth-order valence-electron chi connectivity index (χ4n) is 3.26. The van der Waals surface area contributed by atoms with Gasteiger partial charge in [-0.25, -0.2) is 14.0 Å². The van der Waals surface area contributed by atoms with Crippen molar-refractivity contribution in [1.82, 2.24) is 4.98 Å². The molecule has 1 atom stereocenters. The van der Waals surface area contributed by atoms with E-state index in [9.17, 15) is 14.1 Å². The van der Waals surface area contributed by atoms with E-state index in [1.165, 1.54) is 11.3 Å². The number of carboxylic acid groups (broad SMARTS) is 1. The molecule has 32 heavy (non-hydrogen) atoms. The largest absolute Gasteiger partial charge is 0.487 e. The summed E-state index contributed by atoms with van der Waals surface area (Å²) in [5, 5.41) is 11.1. The minimum atomic E-state index is -1.47. The molecule has 0 spiro atoms. The standard InChI is InChI=1S/C24H28N2O4S2/c1-14(2)26(32(29)24-25-18(6)13-31-24)21-10-15(3)16(4)11-22(21)30-12-20-8-7-19(23(27)28)9-17(20)5/h7-11,13-14H,12H2,1-6H3,(H,27,28). The van der Waals surface area contributed by atoms with Gasteiger partial charge in [-0.05, 0) is 88.1 Å². The molecule has 2 aromatic carbocycles. The fourth-order valence-corrected chi connectivity index (χ4v) is 5.59. The first-order chi connectivity index (χ1) is 15.1. The quantitative estimate of drug-likeness (QED) is 0.462. The molecule has 0 aliphatic rings. The molecule has 1 N–H and O–H groups in total. The van der Waals surface area contributed by atoms with Gasteiger partial charge < -0.3 is 9.84 Å². The summed E-state index contributed by atoms with van der Waals surface area (Å²) in [5.74, 6) is -0.324. The van der Waals surface area contributed by atoms with Gasteiger partial charge >= 0.3 is 5.97 Å². The molecular weight excluding hydrogens is 444 g/mol. The Balaban J connectivity index is 1.97. The first kappa shape index (κ1) is 23.9. The molecule has 0 bridgehead atoms. The number of thiazole rings is 1. The van der Waals surface area contributed by atoms with Crippen LogP contribution in [-0.4, -0.2) is 26.3 Å². The lowest BCUT2D eigenvalue weighted by molar-refractivity contribution is 0.0696. The minimum absolute atomic E-state index is 0.0546. The lowest BCUT2D eigenvalue weighted by atomic mass is 10.1. The maximum atomic E-state index is 13.5. The second kappa shape index (κ2) is 9.83. The molecule has 170 valence electrons. The summed E-state index contributed by atoms with van der Waals surface area (Å²) >= 11 is 1.39. The summed E-state index contributed by atoms with van der Waals surface area (Å²) in [4.78, 5) is 15.6. The Hall–Kier alpha value is -2.71. The second-order valence-corrected chi connectivity index (χ2v) is 10.5. The van der Waals surface area contributed by atoms with Gasteiger partial charge in [-0.1, -0.05) is 6.07 Å². The van der Waals surface area contributed by atoms with E-state index in [0.29, 0.717) is 10.1 Å². The van der Waals surface area contributed by atoms with Gasteiger partial charge in [-0.3, -0.25) is 4.31 Å². The van der Waals surface area contributed by atoms with Crippen LogP contribution in [0.25, 0.3) is 0 Å². The highest BCUT2D eigenvalue weighted by Crippen LogP contribution is 2.36. The number of hydrogen-bond donors (Lipinski definition) is 1. The number of carboxylic acids is 1. The molecule has 0 saturated heterocycles. The molecule has 8 heteroatoms. The fraction of sp³-hybridized carbons (Fsp3) is 0.333. The Morgan fingerprint density at radius 3 is 2.38 bits per heavy atom. The van der Waals surface area contributed by atoms with Crippen LogP contribution < -0.4 is 9.04 Å². The zero-order valence-corrected chi connectivity index (χ0v) is 20.8. The van der Waals surface area contributed by atoms with E-state index in [2.05, 4.69) is 4.98 Å². The molecule has 0 aliphatic heterocycles. The number of anilines is 1. The maximum Gasteiger partial charge on any atom is 0.335 e.